The van der Waals surface area contributed by atoms with Gasteiger partial charge in [-0.2, -0.15) is 0 Å². The van der Waals surface area contributed by atoms with Gasteiger partial charge in [-0.05, 0) is 25.8 Å². The number of methoxy groups -OCH3 is 1. The number of anilines is 1. The second-order valence-electron chi connectivity index (χ2n) is 5.79. The van der Waals surface area contributed by atoms with Crippen LogP contribution < -0.4 is 15.8 Å². The Hall–Kier alpha value is -2.22. The lowest BCUT2D eigenvalue weighted by Crippen LogP contribution is -2.23. The number of nitrogens with one attached hydrogen (secondary N) is 1. The zero-order chi connectivity index (χ0) is 18.6. The minimum Gasteiger partial charge on any atom is -0.496 e. The van der Waals surface area contributed by atoms with Crippen LogP contribution in [0.25, 0.3) is 0 Å². The predicted molar refractivity (Wildman–Crippen MR) is 97.2 cm³/mol. The molecule has 138 valence electrons. The van der Waals surface area contributed by atoms with E-state index in [1.165, 1.54) is 26.2 Å². The molecule has 8 heteroatoms. The first-order chi connectivity index (χ1) is 11.8. The fraction of sp³-hybridized carbons (Fsp3) is 0.471. The standard InChI is InChI=1S/C17H25N3O4S/c1-4-20-8-6-7-12(20)11-19-17(21)13-9-16(25(22,23)5-2)14(18)10-15(13)24-3/h9-11H,4-8,18H2,1-3H3,(H,19,21). The molecular weight excluding hydrogens is 342 g/mol. The molecule has 0 aliphatic carbocycles. The fourth-order valence-electron chi connectivity index (χ4n) is 2.85. The van der Waals surface area contributed by atoms with Crippen molar-refractivity contribution in [3.8, 4) is 5.75 Å². The van der Waals surface area contributed by atoms with Gasteiger partial charge < -0.3 is 20.7 Å². The van der Waals surface area contributed by atoms with Gasteiger partial charge in [-0.1, -0.05) is 6.92 Å². The van der Waals surface area contributed by atoms with Gasteiger partial charge in [-0.3, -0.25) is 4.79 Å². The minimum atomic E-state index is -3.54. The molecule has 1 aliphatic heterocycles. The summed E-state index contributed by atoms with van der Waals surface area (Å²) in [7, 11) is -2.13. The Bertz CT molecular complexity index is 787. The van der Waals surface area contributed by atoms with Crippen LogP contribution in [0.15, 0.2) is 28.9 Å². The van der Waals surface area contributed by atoms with Gasteiger partial charge in [0.05, 0.1) is 29.0 Å². The van der Waals surface area contributed by atoms with Gasteiger partial charge in [0.25, 0.3) is 5.91 Å². The van der Waals surface area contributed by atoms with Crippen molar-refractivity contribution in [1.82, 2.24) is 10.2 Å². The number of carbonyl (C=O) groups excluding carboxylic acids is 1. The molecular formula is C17H25N3O4S. The molecule has 3 N–H and O–H groups in total. The third kappa shape index (κ3) is 4.07. The number of rotatable bonds is 6. The maximum atomic E-state index is 12.6. The Morgan fingerprint density at radius 1 is 1.40 bits per heavy atom. The van der Waals surface area contributed by atoms with Crippen molar-refractivity contribution in [3.63, 3.8) is 0 Å². The van der Waals surface area contributed by atoms with Crippen LogP contribution in [0.2, 0.25) is 0 Å². The molecule has 0 aromatic heterocycles. The fourth-order valence-corrected chi connectivity index (χ4v) is 3.88. The average molecular weight is 367 g/mol. The predicted octanol–water partition coefficient (Wildman–Crippen LogP) is 1.76. The molecule has 1 saturated heterocycles. The molecule has 0 atom stereocenters. The summed E-state index contributed by atoms with van der Waals surface area (Å²) >= 11 is 0. The number of nitrogens with two attached hydrogens (primary N) is 1. The molecule has 0 bridgehead atoms. The minimum absolute atomic E-state index is 0.0512. The zero-order valence-corrected chi connectivity index (χ0v) is 15.6. The third-order valence-corrected chi connectivity index (χ3v) is 6.09. The molecule has 0 radical (unpaired) electrons. The van der Waals surface area contributed by atoms with Crippen LogP contribution in [0.5, 0.6) is 5.75 Å². The number of likely N-dealkylation sites (tertiary alicyclic amines) is 1. The maximum Gasteiger partial charge on any atom is 0.259 e. The number of allylic oxidation sites excluding steroid dienone is 1. The Balaban J connectivity index is 2.35. The summed E-state index contributed by atoms with van der Waals surface area (Å²) in [5, 5.41) is 2.74. The molecule has 1 aromatic carbocycles. The molecule has 7 nitrogen and oxygen atoms in total. The van der Waals surface area contributed by atoms with E-state index in [1.54, 1.807) is 6.20 Å². The number of ether oxygens (including phenoxy) is 1. The van der Waals surface area contributed by atoms with E-state index in [2.05, 4.69) is 17.1 Å². The number of hydrogen-bond acceptors (Lipinski definition) is 6. The summed E-state index contributed by atoms with van der Waals surface area (Å²) in [4.78, 5) is 14.7. The first kappa shape index (κ1) is 19.1. The number of benzene rings is 1. The lowest BCUT2D eigenvalue weighted by atomic mass is 10.1. The van der Waals surface area contributed by atoms with Crippen LogP contribution in [0.4, 0.5) is 5.69 Å². The Morgan fingerprint density at radius 2 is 2.12 bits per heavy atom. The van der Waals surface area contributed by atoms with E-state index < -0.39 is 15.7 Å². The lowest BCUT2D eigenvalue weighted by Gasteiger charge is -2.17. The molecule has 1 fully saturated rings. The Kier molecular flexibility index (Phi) is 5.94. The van der Waals surface area contributed by atoms with Crippen LogP contribution in [-0.4, -0.2) is 45.2 Å². The van der Waals surface area contributed by atoms with E-state index >= 15 is 0 Å². The second-order valence-corrected chi connectivity index (χ2v) is 8.03. The van der Waals surface area contributed by atoms with Crippen LogP contribution in [0.1, 0.15) is 37.0 Å². The Morgan fingerprint density at radius 3 is 2.72 bits per heavy atom. The van der Waals surface area contributed by atoms with Gasteiger partial charge >= 0.3 is 0 Å². The highest BCUT2D eigenvalue weighted by Crippen LogP contribution is 2.29. The highest BCUT2D eigenvalue weighted by Gasteiger charge is 2.22. The van der Waals surface area contributed by atoms with E-state index in [0.29, 0.717) is 0 Å². The van der Waals surface area contributed by atoms with E-state index in [1.807, 2.05) is 0 Å². The zero-order valence-electron chi connectivity index (χ0n) is 14.8. The number of hydrogen-bond donors (Lipinski definition) is 2. The smallest absolute Gasteiger partial charge is 0.259 e. The first-order valence-electron chi connectivity index (χ1n) is 8.29. The number of carbonyl (C=O) groups is 1. The molecule has 1 amide bonds. The van der Waals surface area contributed by atoms with Crippen LogP contribution in [-0.2, 0) is 9.84 Å². The first-order valence-corrected chi connectivity index (χ1v) is 9.94. The van der Waals surface area contributed by atoms with Crippen molar-refractivity contribution < 1.29 is 17.9 Å². The molecule has 0 saturated carbocycles. The quantitative estimate of drug-likeness (QED) is 0.743. The maximum absolute atomic E-state index is 12.6. The number of nitrogens with zero attached hydrogens (tertiary/aromatic N) is 1. The molecule has 0 unspecified atom stereocenters. The molecule has 2 rings (SSSR count). The number of amides is 1. The SMILES string of the molecule is CCN1CCCC1=CNC(=O)c1cc(S(=O)(=O)CC)c(N)cc1OC. The van der Waals surface area contributed by atoms with Gasteiger partial charge in [0.1, 0.15) is 5.75 Å². The lowest BCUT2D eigenvalue weighted by molar-refractivity contribution is 0.0966. The molecule has 1 heterocycles. The van der Waals surface area contributed by atoms with Crippen molar-refractivity contribution in [1.29, 1.82) is 0 Å². The van der Waals surface area contributed by atoms with Crippen LogP contribution in [0.3, 0.4) is 0 Å². The van der Waals surface area contributed by atoms with Crippen LogP contribution >= 0.6 is 0 Å². The normalized spacial score (nSPS) is 16.3. The topological polar surface area (TPSA) is 102 Å². The van der Waals surface area contributed by atoms with Crippen molar-refractivity contribution in [2.45, 2.75) is 31.6 Å². The number of nitrogen functional groups attached to an aromatic ring is 1. The van der Waals surface area contributed by atoms with Crippen molar-refractivity contribution in [2.24, 2.45) is 0 Å². The van der Waals surface area contributed by atoms with E-state index in [-0.39, 0.29) is 27.6 Å². The summed E-state index contributed by atoms with van der Waals surface area (Å²) in [5.74, 6) is -0.290. The molecule has 1 aliphatic rings. The molecule has 25 heavy (non-hydrogen) atoms. The van der Waals surface area contributed by atoms with Gasteiger partial charge in [0.2, 0.25) is 0 Å². The van der Waals surface area contributed by atoms with E-state index in [0.717, 1.165) is 31.6 Å². The van der Waals surface area contributed by atoms with Gasteiger partial charge in [0.15, 0.2) is 9.84 Å². The highest BCUT2D eigenvalue weighted by molar-refractivity contribution is 7.91. The molecule has 1 aromatic rings. The van der Waals surface area contributed by atoms with Crippen LogP contribution in [0, 0.1) is 0 Å². The third-order valence-electron chi connectivity index (χ3n) is 4.31. The van der Waals surface area contributed by atoms with Crippen molar-refractivity contribution in [2.75, 3.05) is 31.7 Å². The van der Waals surface area contributed by atoms with Crippen molar-refractivity contribution >= 4 is 21.4 Å². The highest BCUT2D eigenvalue weighted by atomic mass is 32.2. The van der Waals surface area contributed by atoms with Gasteiger partial charge in [0, 0.05) is 31.1 Å². The number of sulfone groups is 1. The largest absolute Gasteiger partial charge is 0.496 e. The summed E-state index contributed by atoms with van der Waals surface area (Å²) < 4.78 is 29.5. The van der Waals surface area contributed by atoms with E-state index in [9.17, 15) is 13.2 Å². The molecule has 0 spiro atoms. The van der Waals surface area contributed by atoms with Crippen molar-refractivity contribution in [3.05, 3.63) is 29.6 Å². The second kappa shape index (κ2) is 7.77. The average Bonchev–Trinajstić information content (AvgIpc) is 3.06. The monoisotopic (exact) mass is 367 g/mol. The summed E-state index contributed by atoms with van der Waals surface area (Å²) in [6.45, 7) is 5.45. The van der Waals surface area contributed by atoms with Gasteiger partial charge in [-0.25, -0.2) is 8.42 Å². The van der Waals surface area contributed by atoms with Gasteiger partial charge in [-0.15, -0.1) is 0 Å². The van der Waals surface area contributed by atoms with E-state index in [4.69, 9.17) is 10.5 Å². The summed E-state index contributed by atoms with van der Waals surface area (Å²) in [6, 6.07) is 2.66. The summed E-state index contributed by atoms with van der Waals surface area (Å²) in [6.07, 6.45) is 3.64. The Labute approximate surface area is 148 Å². The summed E-state index contributed by atoms with van der Waals surface area (Å²) in [5.41, 5.74) is 7.10.